The van der Waals surface area contributed by atoms with Gasteiger partial charge in [-0.3, -0.25) is 19.3 Å². The first kappa shape index (κ1) is 19.5. The fraction of sp³-hybridized carbons (Fsp3) is 0.471. The van der Waals surface area contributed by atoms with Crippen molar-refractivity contribution in [2.45, 2.75) is 12.5 Å². The number of benzene rings is 1. The minimum atomic E-state index is -0.729. The second kappa shape index (κ2) is 9.04. The third-order valence-electron chi connectivity index (χ3n) is 4.04. The van der Waals surface area contributed by atoms with Gasteiger partial charge in [-0.15, -0.1) is 0 Å². The SMILES string of the molecule is COC(=O)C[C@H]1C(=O)NCCN1CC(=O)Nc1ccc(OC)c(OC)c1. The number of piperazine rings is 1. The average Bonchev–Trinajstić information content (AvgIpc) is 2.64. The monoisotopic (exact) mass is 365 g/mol. The molecule has 9 nitrogen and oxygen atoms in total. The highest BCUT2D eigenvalue weighted by molar-refractivity contribution is 5.94. The van der Waals surface area contributed by atoms with Crippen molar-refractivity contribution in [2.24, 2.45) is 0 Å². The predicted octanol–water partition coefficient (Wildman–Crippen LogP) is 0.00580. The summed E-state index contributed by atoms with van der Waals surface area (Å²) in [6.07, 6.45) is -0.105. The summed E-state index contributed by atoms with van der Waals surface area (Å²) in [7, 11) is 4.29. The second-order valence-electron chi connectivity index (χ2n) is 5.68. The highest BCUT2D eigenvalue weighted by atomic mass is 16.5. The fourth-order valence-corrected chi connectivity index (χ4v) is 2.71. The molecule has 0 aromatic heterocycles. The van der Waals surface area contributed by atoms with Crippen LogP contribution in [0.25, 0.3) is 0 Å². The molecule has 1 saturated heterocycles. The molecule has 1 aliphatic heterocycles. The van der Waals surface area contributed by atoms with Crippen LogP contribution in [0.2, 0.25) is 0 Å². The van der Waals surface area contributed by atoms with Crippen LogP contribution < -0.4 is 20.1 Å². The number of nitrogens with zero attached hydrogens (tertiary/aromatic N) is 1. The molecule has 9 heteroatoms. The normalized spacial score (nSPS) is 17.2. The Bertz CT molecular complexity index is 678. The van der Waals surface area contributed by atoms with Gasteiger partial charge in [0.2, 0.25) is 11.8 Å². The molecule has 0 bridgehead atoms. The smallest absolute Gasteiger partial charge is 0.307 e. The van der Waals surface area contributed by atoms with E-state index in [0.29, 0.717) is 30.3 Å². The lowest BCUT2D eigenvalue weighted by atomic mass is 10.1. The molecule has 2 rings (SSSR count). The number of esters is 1. The summed E-state index contributed by atoms with van der Waals surface area (Å²) in [5.41, 5.74) is 0.540. The molecule has 1 aliphatic rings. The number of nitrogens with one attached hydrogen (secondary N) is 2. The van der Waals surface area contributed by atoms with Gasteiger partial charge in [0.1, 0.15) is 6.04 Å². The van der Waals surface area contributed by atoms with Crippen molar-refractivity contribution in [3.8, 4) is 11.5 Å². The van der Waals surface area contributed by atoms with Crippen LogP contribution >= 0.6 is 0 Å². The summed E-state index contributed by atoms with van der Waals surface area (Å²) < 4.78 is 15.0. The van der Waals surface area contributed by atoms with E-state index in [-0.39, 0.29) is 24.8 Å². The summed E-state index contributed by atoms with van der Waals surface area (Å²) in [6, 6.07) is 4.29. The average molecular weight is 365 g/mol. The lowest BCUT2D eigenvalue weighted by molar-refractivity contribution is -0.146. The standard InChI is InChI=1S/C17H23N3O6/c1-24-13-5-4-11(8-14(13)25-2)19-15(21)10-20-7-6-18-17(23)12(20)9-16(22)26-3/h4-5,8,12H,6-7,9-10H2,1-3H3,(H,18,23)(H,19,21)/t12-/m0/s1. The fourth-order valence-electron chi connectivity index (χ4n) is 2.71. The molecule has 1 aromatic rings. The zero-order valence-electron chi connectivity index (χ0n) is 15.0. The Morgan fingerprint density at radius 2 is 1.96 bits per heavy atom. The van der Waals surface area contributed by atoms with Crippen LogP contribution in [0.5, 0.6) is 11.5 Å². The van der Waals surface area contributed by atoms with Gasteiger partial charge in [-0.05, 0) is 12.1 Å². The molecule has 142 valence electrons. The van der Waals surface area contributed by atoms with Crippen LogP contribution in [0.4, 0.5) is 5.69 Å². The number of hydrogen-bond acceptors (Lipinski definition) is 7. The number of ether oxygens (including phenoxy) is 3. The highest BCUT2D eigenvalue weighted by Crippen LogP contribution is 2.29. The molecule has 1 atom stereocenters. The molecule has 0 spiro atoms. The summed E-state index contributed by atoms with van der Waals surface area (Å²) in [6.45, 7) is 0.857. The van der Waals surface area contributed by atoms with Crippen molar-refractivity contribution in [3.05, 3.63) is 18.2 Å². The Hall–Kier alpha value is -2.81. The van der Waals surface area contributed by atoms with Crippen LogP contribution in [-0.2, 0) is 19.1 Å². The summed E-state index contributed by atoms with van der Waals surface area (Å²) in [5, 5.41) is 5.45. The maximum atomic E-state index is 12.4. The van der Waals surface area contributed by atoms with E-state index in [4.69, 9.17) is 9.47 Å². The molecule has 0 radical (unpaired) electrons. The van der Waals surface area contributed by atoms with Gasteiger partial charge in [0.05, 0.1) is 34.3 Å². The maximum absolute atomic E-state index is 12.4. The number of anilines is 1. The highest BCUT2D eigenvalue weighted by Gasteiger charge is 2.33. The Kier molecular flexibility index (Phi) is 6.79. The minimum absolute atomic E-state index is 0.0244. The molecule has 1 fully saturated rings. The van der Waals surface area contributed by atoms with Crippen LogP contribution in [-0.4, -0.2) is 69.7 Å². The van der Waals surface area contributed by atoms with Crippen LogP contribution in [0.3, 0.4) is 0 Å². The van der Waals surface area contributed by atoms with E-state index in [1.54, 1.807) is 23.1 Å². The summed E-state index contributed by atoms with van der Waals surface area (Å²) in [5.74, 6) is -0.0535. The van der Waals surface area contributed by atoms with Crippen molar-refractivity contribution >= 4 is 23.5 Å². The van der Waals surface area contributed by atoms with E-state index < -0.39 is 12.0 Å². The third-order valence-corrected chi connectivity index (χ3v) is 4.04. The number of rotatable bonds is 7. The van der Waals surface area contributed by atoms with Gasteiger partial charge in [0, 0.05) is 24.8 Å². The first-order valence-corrected chi connectivity index (χ1v) is 8.09. The Morgan fingerprint density at radius 1 is 1.23 bits per heavy atom. The predicted molar refractivity (Wildman–Crippen MR) is 93.2 cm³/mol. The van der Waals surface area contributed by atoms with Gasteiger partial charge in [-0.25, -0.2) is 0 Å². The van der Waals surface area contributed by atoms with Gasteiger partial charge in [0.15, 0.2) is 11.5 Å². The minimum Gasteiger partial charge on any atom is -0.493 e. The van der Waals surface area contributed by atoms with Gasteiger partial charge in [0.25, 0.3) is 0 Å². The molecular formula is C17H23N3O6. The first-order valence-electron chi connectivity index (χ1n) is 8.09. The molecule has 0 aliphatic carbocycles. The third kappa shape index (κ3) is 4.85. The van der Waals surface area contributed by atoms with E-state index in [2.05, 4.69) is 15.4 Å². The molecule has 1 heterocycles. The Morgan fingerprint density at radius 3 is 2.62 bits per heavy atom. The van der Waals surface area contributed by atoms with Crippen molar-refractivity contribution in [3.63, 3.8) is 0 Å². The Labute approximate surface area is 151 Å². The largest absolute Gasteiger partial charge is 0.493 e. The van der Waals surface area contributed by atoms with Crippen molar-refractivity contribution in [1.82, 2.24) is 10.2 Å². The number of amides is 2. The maximum Gasteiger partial charge on any atom is 0.307 e. The molecule has 2 amide bonds. The second-order valence-corrected chi connectivity index (χ2v) is 5.68. The van der Waals surface area contributed by atoms with Gasteiger partial charge in [-0.2, -0.15) is 0 Å². The quantitative estimate of drug-likeness (QED) is 0.656. The van der Waals surface area contributed by atoms with Gasteiger partial charge >= 0.3 is 5.97 Å². The molecule has 0 unspecified atom stereocenters. The van der Waals surface area contributed by atoms with E-state index in [1.807, 2.05) is 0 Å². The van der Waals surface area contributed by atoms with E-state index in [0.717, 1.165) is 0 Å². The first-order chi connectivity index (χ1) is 12.5. The molecule has 26 heavy (non-hydrogen) atoms. The van der Waals surface area contributed by atoms with Gasteiger partial charge < -0.3 is 24.8 Å². The van der Waals surface area contributed by atoms with Crippen molar-refractivity contribution < 1.29 is 28.6 Å². The molecule has 2 N–H and O–H groups in total. The van der Waals surface area contributed by atoms with Crippen LogP contribution in [0, 0.1) is 0 Å². The van der Waals surface area contributed by atoms with Crippen LogP contribution in [0.15, 0.2) is 18.2 Å². The number of hydrogen-bond donors (Lipinski definition) is 2. The summed E-state index contributed by atoms with van der Waals surface area (Å²) >= 11 is 0. The topological polar surface area (TPSA) is 106 Å². The van der Waals surface area contributed by atoms with Crippen LogP contribution in [0.1, 0.15) is 6.42 Å². The van der Waals surface area contributed by atoms with Gasteiger partial charge in [-0.1, -0.05) is 0 Å². The number of carbonyl (C=O) groups excluding carboxylic acids is 3. The Balaban J connectivity index is 2.03. The lowest BCUT2D eigenvalue weighted by Crippen LogP contribution is -2.57. The zero-order chi connectivity index (χ0) is 19.1. The molecule has 0 saturated carbocycles. The summed E-state index contributed by atoms with van der Waals surface area (Å²) in [4.78, 5) is 37.6. The zero-order valence-corrected chi connectivity index (χ0v) is 15.0. The van der Waals surface area contributed by atoms with Crippen molar-refractivity contribution in [2.75, 3.05) is 46.3 Å². The number of methoxy groups -OCH3 is 3. The van der Waals surface area contributed by atoms with E-state index >= 15 is 0 Å². The number of carbonyl (C=O) groups is 3. The van der Waals surface area contributed by atoms with E-state index in [9.17, 15) is 14.4 Å². The van der Waals surface area contributed by atoms with E-state index in [1.165, 1.54) is 21.3 Å². The van der Waals surface area contributed by atoms with Crippen molar-refractivity contribution in [1.29, 1.82) is 0 Å². The molecular weight excluding hydrogens is 342 g/mol. The lowest BCUT2D eigenvalue weighted by Gasteiger charge is -2.33. The molecule has 1 aromatic carbocycles.